The Bertz CT molecular complexity index is 1080. The molecule has 0 fully saturated rings. The van der Waals surface area contributed by atoms with E-state index in [2.05, 4.69) is 0 Å². The van der Waals surface area contributed by atoms with E-state index in [9.17, 15) is 19.5 Å². The molecular weight excluding hydrogens is 358 g/mol. The Labute approximate surface area is 160 Å². The number of anilines is 1. The van der Waals surface area contributed by atoms with Gasteiger partial charge < -0.3 is 9.84 Å². The Morgan fingerprint density at radius 1 is 0.857 bits per heavy atom. The van der Waals surface area contributed by atoms with Crippen molar-refractivity contribution in [2.45, 2.75) is 0 Å². The van der Waals surface area contributed by atoms with Crippen molar-refractivity contribution in [3.05, 3.63) is 83.4 Å². The minimum Gasteiger partial charge on any atom is -0.497 e. The van der Waals surface area contributed by atoms with Gasteiger partial charge in [0.25, 0.3) is 11.8 Å². The standard InChI is InChI=1S/C22H15NO5/c1-28-14-11-9-13(10-12-14)19-17(22(26)27)7-4-8-18(19)23-20(24)15-5-2-3-6-16(15)21(23)25/h2-12H,1H3,(H,26,27). The maximum atomic E-state index is 12.9. The number of hydrogen-bond donors (Lipinski definition) is 1. The first-order valence-electron chi connectivity index (χ1n) is 8.51. The molecule has 3 aromatic carbocycles. The van der Waals surface area contributed by atoms with Crippen LogP contribution in [0.2, 0.25) is 0 Å². The molecule has 0 aromatic heterocycles. The Kier molecular flexibility index (Phi) is 4.16. The zero-order valence-electron chi connectivity index (χ0n) is 14.9. The summed E-state index contributed by atoms with van der Waals surface area (Å²) in [5.41, 5.74) is 1.69. The number of fused-ring (bicyclic) bond motifs is 1. The van der Waals surface area contributed by atoms with E-state index < -0.39 is 17.8 Å². The summed E-state index contributed by atoms with van der Waals surface area (Å²) in [6.07, 6.45) is 0. The van der Waals surface area contributed by atoms with Crippen LogP contribution in [0.1, 0.15) is 31.1 Å². The number of ether oxygens (including phenoxy) is 1. The number of carbonyl (C=O) groups excluding carboxylic acids is 2. The van der Waals surface area contributed by atoms with E-state index >= 15 is 0 Å². The number of hydrogen-bond acceptors (Lipinski definition) is 4. The second-order valence-electron chi connectivity index (χ2n) is 6.22. The normalized spacial score (nSPS) is 12.8. The van der Waals surface area contributed by atoms with Gasteiger partial charge in [-0.25, -0.2) is 9.69 Å². The van der Waals surface area contributed by atoms with Gasteiger partial charge in [0, 0.05) is 5.56 Å². The summed E-state index contributed by atoms with van der Waals surface area (Å²) < 4.78 is 5.15. The van der Waals surface area contributed by atoms with Crippen molar-refractivity contribution in [1.29, 1.82) is 0 Å². The van der Waals surface area contributed by atoms with Crippen LogP contribution >= 0.6 is 0 Å². The molecule has 0 radical (unpaired) electrons. The van der Waals surface area contributed by atoms with Gasteiger partial charge in [0.1, 0.15) is 5.75 Å². The van der Waals surface area contributed by atoms with Crippen LogP contribution in [0.15, 0.2) is 66.7 Å². The minimum absolute atomic E-state index is 0.000719. The number of imide groups is 1. The van der Waals surface area contributed by atoms with E-state index in [1.54, 1.807) is 54.6 Å². The number of methoxy groups -OCH3 is 1. The van der Waals surface area contributed by atoms with E-state index in [0.717, 1.165) is 4.90 Å². The van der Waals surface area contributed by atoms with Gasteiger partial charge in [0.05, 0.1) is 29.5 Å². The molecule has 0 bridgehead atoms. The highest BCUT2D eigenvalue weighted by Crippen LogP contribution is 2.38. The van der Waals surface area contributed by atoms with Crippen LogP contribution in [0.3, 0.4) is 0 Å². The lowest BCUT2D eigenvalue weighted by molar-refractivity contribution is 0.0696. The minimum atomic E-state index is -1.15. The second kappa shape index (κ2) is 6.66. The molecule has 1 heterocycles. The van der Waals surface area contributed by atoms with Gasteiger partial charge in [-0.2, -0.15) is 0 Å². The Hall–Kier alpha value is -3.93. The Balaban J connectivity index is 1.93. The fourth-order valence-corrected chi connectivity index (χ4v) is 3.37. The summed E-state index contributed by atoms with van der Waals surface area (Å²) in [5.74, 6) is -1.49. The van der Waals surface area contributed by atoms with Crippen molar-refractivity contribution in [3.63, 3.8) is 0 Å². The maximum Gasteiger partial charge on any atom is 0.336 e. The lowest BCUT2D eigenvalue weighted by Crippen LogP contribution is -2.30. The first kappa shape index (κ1) is 17.5. The van der Waals surface area contributed by atoms with E-state index in [0.29, 0.717) is 28.0 Å². The monoisotopic (exact) mass is 373 g/mol. The molecule has 0 aliphatic carbocycles. The lowest BCUT2D eigenvalue weighted by Gasteiger charge is -2.20. The largest absolute Gasteiger partial charge is 0.497 e. The number of aromatic carboxylic acids is 1. The molecule has 6 nitrogen and oxygen atoms in total. The Morgan fingerprint density at radius 3 is 2.00 bits per heavy atom. The molecule has 138 valence electrons. The van der Waals surface area contributed by atoms with Crippen LogP contribution < -0.4 is 9.64 Å². The summed E-state index contributed by atoms with van der Waals surface area (Å²) >= 11 is 0. The van der Waals surface area contributed by atoms with Crippen molar-refractivity contribution < 1.29 is 24.2 Å². The average Bonchev–Trinajstić information content (AvgIpc) is 2.98. The number of carbonyl (C=O) groups is 3. The molecule has 0 saturated heterocycles. The molecule has 0 atom stereocenters. The van der Waals surface area contributed by atoms with E-state index in [1.165, 1.54) is 19.2 Å². The highest BCUT2D eigenvalue weighted by Gasteiger charge is 2.38. The van der Waals surface area contributed by atoms with Crippen molar-refractivity contribution in [3.8, 4) is 16.9 Å². The number of carboxylic acid groups (broad SMARTS) is 1. The lowest BCUT2D eigenvalue weighted by atomic mass is 9.96. The summed E-state index contributed by atoms with van der Waals surface area (Å²) in [6.45, 7) is 0. The molecule has 2 amide bonds. The predicted molar refractivity (Wildman–Crippen MR) is 103 cm³/mol. The summed E-state index contributed by atoms with van der Waals surface area (Å²) in [7, 11) is 1.53. The maximum absolute atomic E-state index is 12.9. The van der Waals surface area contributed by atoms with Crippen LogP contribution in [0.25, 0.3) is 11.1 Å². The number of nitrogens with zero attached hydrogens (tertiary/aromatic N) is 1. The number of amides is 2. The van der Waals surface area contributed by atoms with Gasteiger partial charge in [-0.05, 0) is 42.0 Å². The first-order chi connectivity index (χ1) is 13.5. The third-order valence-electron chi connectivity index (χ3n) is 4.69. The highest BCUT2D eigenvalue weighted by atomic mass is 16.5. The first-order valence-corrected chi connectivity index (χ1v) is 8.51. The van der Waals surface area contributed by atoms with E-state index in [-0.39, 0.29) is 11.3 Å². The predicted octanol–water partition coefficient (Wildman–Crippen LogP) is 3.86. The molecular formula is C22H15NO5. The van der Waals surface area contributed by atoms with Gasteiger partial charge >= 0.3 is 5.97 Å². The van der Waals surface area contributed by atoms with E-state index in [1.807, 2.05) is 0 Å². The summed E-state index contributed by atoms with van der Waals surface area (Å²) in [5, 5.41) is 9.69. The van der Waals surface area contributed by atoms with Crippen molar-refractivity contribution in [1.82, 2.24) is 0 Å². The third-order valence-corrected chi connectivity index (χ3v) is 4.69. The Morgan fingerprint density at radius 2 is 1.46 bits per heavy atom. The van der Waals surface area contributed by atoms with Crippen LogP contribution in [-0.2, 0) is 0 Å². The smallest absolute Gasteiger partial charge is 0.336 e. The molecule has 0 spiro atoms. The quantitative estimate of drug-likeness (QED) is 0.702. The van der Waals surface area contributed by atoms with Crippen molar-refractivity contribution >= 4 is 23.5 Å². The fraction of sp³-hybridized carbons (Fsp3) is 0.0455. The van der Waals surface area contributed by atoms with Crippen LogP contribution in [0.4, 0.5) is 5.69 Å². The van der Waals surface area contributed by atoms with E-state index in [4.69, 9.17) is 4.74 Å². The van der Waals surface area contributed by atoms with Crippen molar-refractivity contribution in [2.24, 2.45) is 0 Å². The van der Waals surface area contributed by atoms with Gasteiger partial charge in [-0.1, -0.05) is 30.3 Å². The second-order valence-corrected chi connectivity index (χ2v) is 6.22. The zero-order valence-corrected chi connectivity index (χ0v) is 14.9. The highest BCUT2D eigenvalue weighted by molar-refractivity contribution is 6.35. The molecule has 4 rings (SSSR count). The summed E-state index contributed by atoms with van der Waals surface area (Å²) in [6, 6.07) is 17.9. The number of rotatable bonds is 4. The molecule has 0 unspecified atom stereocenters. The molecule has 1 aliphatic rings. The molecule has 1 aliphatic heterocycles. The van der Waals surface area contributed by atoms with Crippen LogP contribution in [0, 0.1) is 0 Å². The molecule has 3 aromatic rings. The summed E-state index contributed by atoms with van der Waals surface area (Å²) in [4.78, 5) is 38.7. The van der Waals surface area contributed by atoms with Gasteiger partial charge in [-0.15, -0.1) is 0 Å². The van der Waals surface area contributed by atoms with Gasteiger partial charge in [0.15, 0.2) is 0 Å². The van der Waals surface area contributed by atoms with Crippen LogP contribution in [0.5, 0.6) is 5.75 Å². The average molecular weight is 373 g/mol. The zero-order chi connectivity index (χ0) is 19.8. The van der Waals surface area contributed by atoms with Gasteiger partial charge in [-0.3, -0.25) is 9.59 Å². The SMILES string of the molecule is COc1ccc(-c2c(C(=O)O)cccc2N2C(=O)c3ccccc3C2=O)cc1. The van der Waals surface area contributed by atoms with Crippen molar-refractivity contribution in [2.75, 3.05) is 12.0 Å². The van der Waals surface area contributed by atoms with Gasteiger partial charge in [0.2, 0.25) is 0 Å². The number of carboxylic acids is 1. The number of benzene rings is 3. The topological polar surface area (TPSA) is 83.9 Å². The molecule has 28 heavy (non-hydrogen) atoms. The third kappa shape index (κ3) is 2.63. The molecule has 6 heteroatoms. The fourth-order valence-electron chi connectivity index (χ4n) is 3.37. The molecule has 0 saturated carbocycles. The molecule has 1 N–H and O–H groups in total. The van der Waals surface area contributed by atoms with Crippen LogP contribution in [-0.4, -0.2) is 30.0 Å².